The summed E-state index contributed by atoms with van der Waals surface area (Å²) >= 11 is 3.46. The molecule has 0 unspecified atom stereocenters. The largest absolute Gasteiger partial charge is 0.325 e. The van der Waals surface area contributed by atoms with E-state index in [1.165, 1.54) is 19.3 Å². The Labute approximate surface area is 123 Å². The van der Waals surface area contributed by atoms with Crippen LogP contribution in [0.15, 0.2) is 22.7 Å². The van der Waals surface area contributed by atoms with Crippen molar-refractivity contribution >= 4 is 27.5 Å². The van der Waals surface area contributed by atoms with Crippen LogP contribution in [0.2, 0.25) is 0 Å². The van der Waals surface area contributed by atoms with Crippen molar-refractivity contribution in [2.75, 3.05) is 18.4 Å². The van der Waals surface area contributed by atoms with Gasteiger partial charge in [-0.15, -0.1) is 0 Å². The quantitative estimate of drug-likeness (QED) is 0.921. The van der Waals surface area contributed by atoms with Crippen LogP contribution in [0.25, 0.3) is 0 Å². The van der Waals surface area contributed by atoms with E-state index < -0.39 is 0 Å². The van der Waals surface area contributed by atoms with E-state index in [9.17, 15) is 4.79 Å². The number of amides is 1. The van der Waals surface area contributed by atoms with Crippen LogP contribution in [0.3, 0.4) is 0 Å². The molecule has 2 rings (SSSR count). The molecule has 0 aromatic heterocycles. The highest BCUT2D eigenvalue weighted by Crippen LogP contribution is 2.20. The van der Waals surface area contributed by atoms with Crippen LogP contribution in [-0.4, -0.2) is 29.9 Å². The molecule has 0 spiro atoms. The van der Waals surface area contributed by atoms with Gasteiger partial charge in [0, 0.05) is 16.2 Å². The number of carbonyl (C=O) groups is 1. The predicted molar refractivity (Wildman–Crippen MR) is 82.4 cm³/mol. The zero-order valence-electron chi connectivity index (χ0n) is 11.6. The highest BCUT2D eigenvalue weighted by atomic mass is 79.9. The van der Waals surface area contributed by atoms with Gasteiger partial charge in [0.2, 0.25) is 5.91 Å². The Morgan fingerprint density at radius 1 is 1.47 bits per heavy atom. The Kier molecular flexibility index (Phi) is 4.99. The van der Waals surface area contributed by atoms with Gasteiger partial charge >= 0.3 is 0 Å². The number of piperidine rings is 1. The van der Waals surface area contributed by atoms with E-state index in [0.29, 0.717) is 12.6 Å². The van der Waals surface area contributed by atoms with E-state index in [-0.39, 0.29) is 5.91 Å². The van der Waals surface area contributed by atoms with Crippen molar-refractivity contribution in [2.45, 2.75) is 39.2 Å². The molecule has 1 saturated heterocycles. The molecular formula is C15H21BrN2O. The number of anilines is 1. The van der Waals surface area contributed by atoms with Crippen molar-refractivity contribution in [3.05, 3.63) is 28.2 Å². The van der Waals surface area contributed by atoms with Crippen molar-refractivity contribution in [2.24, 2.45) is 0 Å². The molecule has 1 aromatic carbocycles. The highest BCUT2D eigenvalue weighted by Gasteiger charge is 2.20. The van der Waals surface area contributed by atoms with Gasteiger partial charge in [0.05, 0.1) is 6.54 Å². The van der Waals surface area contributed by atoms with Crippen molar-refractivity contribution in [1.82, 2.24) is 4.90 Å². The predicted octanol–water partition coefficient (Wildman–Crippen LogP) is 3.57. The van der Waals surface area contributed by atoms with E-state index in [2.05, 4.69) is 33.1 Å². The lowest BCUT2D eigenvalue weighted by atomic mass is 10.0. The average Bonchev–Trinajstić information content (AvgIpc) is 2.37. The zero-order chi connectivity index (χ0) is 13.8. The molecule has 1 aliphatic rings. The maximum Gasteiger partial charge on any atom is 0.238 e. The highest BCUT2D eigenvalue weighted by molar-refractivity contribution is 9.10. The second-order valence-corrected chi connectivity index (χ2v) is 6.18. The molecule has 0 saturated carbocycles. The summed E-state index contributed by atoms with van der Waals surface area (Å²) in [6, 6.07) is 6.40. The summed E-state index contributed by atoms with van der Waals surface area (Å²) in [4.78, 5) is 14.3. The molecule has 0 aliphatic carbocycles. The monoisotopic (exact) mass is 324 g/mol. The number of hydrogen-bond donors (Lipinski definition) is 1. The summed E-state index contributed by atoms with van der Waals surface area (Å²) < 4.78 is 1.06. The molecule has 1 fully saturated rings. The lowest BCUT2D eigenvalue weighted by Gasteiger charge is -2.32. The fourth-order valence-electron chi connectivity index (χ4n) is 2.50. The molecule has 104 valence electrons. The maximum absolute atomic E-state index is 12.1. The van der Waals surface area contributed by atoms with Crippen LogP contribution in [-0.2, 0) is 4.79 Å². The molecule has 4 heteroatoms. The van der Waals surface area contributed by atoms with E-state index in [0.717, 1.165) is 22.3 Å². The Bertz CT molecular complexity index is 461. The lowest BCUT2D eigenvalue weighted by Crippen LogP contribution is -2.42. The van der Waals surface area contributed by atoms with Gasteiger partial charge in [0.25, 0.3) is 0 Å². The van der Waals surface area contributed by atoms with E-state index in [1.807, 2.05) is 25.1 Å². The minimum atomic E-state index is 0.0791. The van der Waals surface area contributed by atoms with Crippen molar-refractivity contribution < 1.29 is 4.79 Å². The molecular weight excluding hydrogens is 304 g/mol. The number of halogens is 1. The Morgan fingerprint density at radius 3 is 2.95 bits per heavy atom. The molecule has 1 heterocycles. The van der Waals surface area contributed by atoms with Crippen molar-refractivity contribution in [3.63, 3.8) is 0 Å². The zero-order valence-corrected chi connectivity index (χ0v) is 13.2. The molecule has 1 aliphatic heterocycles. The Balaban J connectivity index is 1.91. The van der Waals surface area contributed by atoms with Crippen LogP contribution < -0.4 is 5.32 Å². The number of likely N-dealkylation sites (tertiary alicyclic amines) is 1. The van der Waals surface area contributed by atoms with Crippen LogP contribution in [0.1, 0.15) is 31.7 Å². The minimum absolute atomic E-state index is 0.0791. The van der Waals surface area contributed by atoms with Crippen molar-refractivity contribution in [3.8, 4) is 0 Å². The van der Waals surface area contributed by atoms with Gasteiger partial charge in [-0.2, -0.15) is 0 Å². The summed E-state index contributed by atoms with van der Waals surface area (Å²) in [6.07, 6.45) is 3.69. The third kappa shape index (κ3) is 4.05. The van der Waals surface area contributed by atoms with E-state index in [1.54, 1.807) is 0 Å². The third-order valence-corrected chi connectivity index (χ3v) is 4.62. The lowest BCUT2D eigenvalue weighted by molar-refractivity contribution is -0.118. The first-order chi connectivity index (χ1) is 9.06. The minimum Gasteiger partial charge on any atom is -0.325 e. The maximum atomic E-state index is 12.1. The molecule has 1 atom stereocenters. The van der Waals surface area contributed by atoms with E-state index in [4.69, 9.17) is 0 Å². The topological polar surface area (TPSA) is 32.3 Å². The number of carbonyl (C=O) groups excluding carboxylic acids is 1. The van der Waals surface area contributed by atoms with Crippen molar-refractivity contribution in [1.29, 1.82) is 0 Å². The average molecular weight is 325 g/mol. The van der Waals surface area contributed by atoms with Crippen LogP contribution >= 0.6 is 15.9 Å². The number of rotatable bonds is 3. The Morgan fingerprint density at radius 2 is 2.26 bits per heavy atom. The van der Waals surface area contributed by atoms with Gasteiger partial charge in [0.1, 0.15) is 0 Å². The van der Waals surface area contributed by atoms with Gasteiger partial charge in [-0.1, -0.05) is 22.4 Å². The molecule has 1 amide bonds. The first-order valence-corrected chi connectivity index (χ1v) is 7.65. The number of benzene rings is 1. The number of nitrogens with zero attached hydrogens (tertiary/aromatic N) is 1. The fourth-order valence-corrected chi connectivity index (χ4v) is 2.75. The molecule has 0 radical (unpaired) electrons. The Hall–Kier alpha value is -0.870. The molecule has 3 nitrogen and oxygen atoms in total. The fraction of sp³-hybridized carbons (Fsp3) is 0.533. The first kappa shape index (κ1) is 14.5. The molecule has 1 N–H and O–H groups in total. The second-order valence-electron chi connectivity index (χ2n) is 5.33. The van der Waals surface area contributed by atoms with Crippen LogP contribution in [0, 0.1) is 6.92 Å². The molecule has 19 heavy (non-hydrogen) atoms. The SMILES string of the molecule is Cc1cc(NC(=O)CN2CCCC[C@@H]2C)ccc1Br. The second kappa shape index (κ2) is 6.53. The van der Waals surface area contributed by atoms with Gasteiger partial charge in [-0.25, -0.2) is 0 Å². The summed E-state index contributed by atoms with van der Waals surface area (Å²) in [5.41, 5.74) is 2.00. The van der Waals surface area contributed by atoms with Gasteiger partial charge in [-0.3, -0.25) is 9.69 Å². The normalized spacial score (nSPS) is 20.3. The summed E-state index contributed by atoms with van der Waals surface area (Å²) in [7, 11) is 0. The summed E-state index contributed by atoms with van der Waals surface area (Å²) in [6.45, 7) is 5.76. The molecule has 1 aromatic rings. The summed E-state index contributed by atoms with van der Waals surface area (Å²) in [5.74, 6) is 0.0791. The van der Waals surface area contributed by atoms with Crippen LogP contribution in [0.5, 0.6) is 0 Å². The number of nitrogens with one attached hydrogen (secondary N) is 1. The first-order valence-electron chi connectivity index (χ1n) is 6.86. The van der Waals surface area contributed by atoms with Gasteiger partial charge in [0.15, 0.2) is 0 Å². The standard InChI is InChI=1S/C15H21BrN2O/c1-11-9-13(6-7-14(11)16)17-15(19)10-18-8-4-3-5-12(18)2/h6-7,9,12H,3-5,8,10H2,1-2H3,(H,17,19)/t12-/m0/s1. The number of hydrogen-bond acceptors (Lipinski definition) is 2. The van der Waals surface area contributed by atoms with Gasteiger partial charge in [-0.05, 0) is 57.0 Å². The van der Waals surface area contributed by atoms with E-state index >= 15 is 0 Å². The summed E-state index contributed by atoms with van der Waals surface area (Å²) in [5, 5.41) is 2.98. The number of aryl methyl sites for hydroxylation is 1. The smallest absolute Gasteiger partial charge is 0.238 e. The molecule has 0 bridgehead atoms. The van der Waals surface area contributed by atoms with Gasteiger partial charge < -0.3 is 5.32 Å². The van der Waals surface area contributed by atoms with Crippen LogP contribution in [0.4, 0.5) is 5.69 Å². The third-order valence-electron chi connectivity index (χ3n) is 3.73.